The Labute approximate surface area is 109 Å². The van der Waals surface area contributed by atoms with Gasteiger partial charge in [0.15, 0.2) is 5.71 Å². The number of benzene rings is 2. The predicted molar refractivity (Wildman–Crippen MR) is 78.1 cm³/mol. The van der Waals surface area contributed by atoms with Crippen LogP contribution >= 0.6 is 0 Å². The maximum Gasteiger partial charge on any atom is 0.217 e. The van der Waals surface area contributed by atoms with Gasteiger partial charge in [-0.3, -0.25) is 0 Å². The first kappa shape index (κ1) is 11.5. The Balaban J connectivity index is 2.46. The third-order valence-corrected chi connectivity index (χ3v) is 4.47. The molecule has 0 saturated carbocycles. The highest BCUT2D eigenvalue weighted by atomic mass is 15.0. The summed E-state index contributed by atoms with van der Waals surface area (Å²) in [4.78, 5) is 0. The number of hydrogen-bond acceptors (Lipinski definition) is 0. The molecule has 0 atom stereocenters. The van der Waals surface area contributed by atoms with Gasteiger partial charge in [-0.15, -0.1) is 0 Å². The van der Waals surface area contributed by atoms with Crippen LogP contribution in [0.2, 0.25) is 0 Å². The number of fused-ring (bicyclic) bond motifs is 3. The van der Waals surface area contributed by atoms with Crippen LogP contribution in [-0.4, -0.2) is 16.8 Å². The van der Waals surface area contributed by atoms with Crippen molar-refractivity contribution in [1.82, 2.24) is 0 Å². The van der Waals surface area contributed by atoms with E-state index in [-0.39, 0.29) is 5.41 Å². The van der Waals surface area contributed by atoms with Gasteiger partial charge in [0.05, 0.1) is 10.8 Å². The average molecular weight is 238 g/mol. The Kier molecular flexibility index (Phi) is 2.34. The van der Waals surface area contributed by atoms with Gasteiger partial charge in [0.2, 0.25) is 5.69 Å². The van der Waals surface area contributed by atoms with Gasteiger partial charge >= 0.3 is 0 Å². The predicted octanol–water partition coefficient (Wildman–Crippen LogP) is 4.26. The molecule has 0 spiro atoms. The molecule has 1 nitrogen and oxygen atoms in total. The van der Waals surface area contributed by atoms with Gasteiger partial charge in [-0.2, -0.15) is 4.58 Å². The Bertz CT molecular complexity index is 662. The smallest absolute Gasteiger partial charge is 0.199 e. The van der Waals surface area contributed by atoms with Crippen molar-refractivity contribution in [2.45, 2.75) is 33.1 Å². The molecule has 0 N–H and O–H groups in total. The van der Waals surface area contributed by atoms with Crippen LogP contribution < -0.4 is 0 Å². The molecule has 0 bridgehead atoms. The molecule has 0 aromatic heterocycles. The van der Waals surface area contributed by atoms with E-state index in [1.165, 1.54) is 27.7 Å². The summed E-state index contributed by atoms with van der Waals surface area (Å²) in [6, 6.07) is 13.2. The molecule has 0 radical (unpaired) electrons. The molecule has 3 rings (SSSR count). The van der Waals surface area contributed by atoms with Crippen molar-refractivity contribution >= 4 is 22.2 Å². The van der Waals surface area contributed by atoms with Crippen LogP contribution in [0.25, 0.3) is 10.8 Å². The molecule has 1 aliphatic heterocycles. The Morgan fingerprint density at radius 1 is 1.06 bits per heavy atom. The third-order valence-electron chi connectivity index (χ3n) is 4.47. The zero-order valence-corrected chi connectivity index (χ0v) is 11.6. The van der Waals surface area contributed by atoms with Gasteiger partial charge in [-0.05, 0) is 32.2 Å². The molecule has 0 fully saturated rings. The van der Waals surface area contributed by atoms with Crippen molar-refractivity contribution < 1.29 is 4.58 Å². The lowest BCUT2D eigenvalue weighted by Crippen LogP contribution is -2.26. The summed E-state index contributed by atoms with van der Waals surface area (Å²) in [6.45, 7) is 10.2. The lowest BCUT2D eigenvalue weighted by atomic mass is 9.81. The maximum atomic E-state index is 2.47. The van der Waals surface area contributed by atoms with Crippen LogP contribution in [0.3, 0.4) is 0 Å². The van der Waals surface area contributed by atoms with Gasteiger partial charge in [0, 0.05) is 12.5 Å². The minimum absolute atomic E-state index is 0.148. The first-order chi connectivity index (χ1) is 8.57. The molecule has 92 valence electrons. The van der Waals surface area contributed by atoms with Gasteiger partial charge in [-0.25, -0.2) is 0 Å². The van der Waals surface area contributed by atoms with Crippen molar-refractivity contribution in [3.63, 3.8) is 0 Å². The highest BCUT2D eigenvalue weighted by molar-refractivity contribution is 6.01. The summed E-state index contributed by atoms with van der Waals surface area (Å²) in [7, 11) is 0. The molecule has 0 unspecified atom stereocenters. The van der Waals surface area contributed by atoms with Crippen molar-refractivity contribution in [2.75, 3.05) is 6.54 Å². The third kappa shape index (κ3) is 1.30. The van der Waals surface area contributed by atoms with E-state index in [2.05, 4.69) is 68.7 Å². The van der Waals surface area contributed by atoms with Crippen molar-refractivity contribution in [1.29, 1.82) is 0 Å². The van der Waals surface area contributed by atoms with Gasteiger partial charge in [0.1, 0.15) is 6.54 Å². The summed E-state index contributed by atoms with van der Waals surface area (Å²) >= 11 is 0. The van der Waals surface area contributed by atoms with E-state index >= 15 is 0 Å². The second-order valence-electron chi connectivity index (χ2n) is 5.64. The highest BCUT2D eigenvalue weighted by Crippen LogP contribution is 2.43. The van der Waals surface area contributed by atoms with Crippen molar-refractivity contribution in [2.24, 2.45) is 0 Å². The molecular weight excluding hydrogens is 218 g/mol. The number of hydrogen-bond donors (Lipinski definition) is 0. The van der Waals surface area contributed by atoms with E-state index in [1.54, 1.807) is 0 Å². The molecule has 1 heteroatoms. The normalized spacial score (nSPS) is 17.3. The van der Waals surface area contributed by atoms with E-state index in [1.807, 2.05) is 0 Å². The summed E-state index contributed by atoms with van der Waals surface area (Å²) in [5, 5.41) is 2.71. The summed E-state index contributed by atoms with van der Waals surface area (Å²) in [6.07, 6.45) is 0. The Hall–Kier alpha value is -1.63. The number of rotatable bonds is 1. The SMILES string of the molecule is CC[N+]1=C(C)C(C)(C)c2ccc3ccccc3c21. The van der Waals surface area contributed by atoms with Gasteiger partial charge in [-0.1, -0.05) is 30.3 Å². The second kappa shape index (κ2) is 3.68. The monoisotopic (exact) mass is 238 g/mol. The molecule has 2 aromatic rings. The van der Waals surface area contributed by atoms with Crippen LogP contribution in [-0.2, 0) is 5.41 Å². The molecule has 18 heavy (non-hydrogen) atoms. The Morgan fingerprint density at radius 3 is 2.50 bits per heavy atom. The molecule has 1 aliphatic rings. The summed E-state index contributed by atoms with van der Waals surface area (Å²) < 4.78 is 2.47. The lowest BCUT2D eigenvalue weighted by molar-refractivity contribution is -0.432. The largest absolute Gasteiger partial charge is 0.217 e. The van der Waals surface area contributed by atoms with Gasteiger partial charge < -0.3 is 0 Å². The van der Waals surface area contributed by atoms with Gasteiger partial charge in [0.25, 0.3) is 0 Å². The highest BCUT2D eigenvalue weighted by Gasteiger charge is 2.43. The van der Waals surface area contributed by atoms with E-state index < -0.39 is 0 Å². The minimum Gasteiger partial charge on any atom is -0.199 e. The maximum absolute atomic E-state index is 2.47. The first-order valence-corrected chi connectivity index (χ1v) is 6.71. The fourth-order valence-electron chi connectivity index (χ4n) is 3.15. The standard InChI is InChI=1S/C17H20N/c1-5-18-12(2)17(3,4)15-11-10-13-8-6-7-9-14(13)16(15)18/h6-11H,5H2,1-4H3/q+1. The topological polar surface area (TPSA) is 3.01 Å². The first-order valence-electron chi connectivity index (χ1n) is 6.71. The van der Waals surface area contributed by atoms with Crippen LogP contribution in [0.4, 0.5) is 5.69 Å². The molecular formula is C17H20N+. The molecule has 1 heterocycles. The summed E-state index contributed by atoms with van der Waals surface area (Å²) in [5.74, 6) is 0. The van der Waals surface area contributed by atoms with Crippen molar-refractivity contribution in [3.8, 4) is 0 Å². The Morgan fingerprint density at radius 2 is 1.78 bits per heavy atom. The minimum atomic E-state index is 0.148. The van der Waals surface area contributed by atoms with Crippen LogP contribution in [0, 0.1) is 0 Å². The fraction of sp³-hybridized carbons (Fsp3) is 0.353. The fourth-order valence-corrected chi connectivity index (χ4v) is 3.15. The van der Waals surface area contributed by atoms with E-state index in [4.69, 9.17) is 0 Å². The molecule has 0 amide bonds. The summed E-state index contributed by atoms with van der Waals surface area (Å²) in [5.41, 5.74) is 4.48. The lowest BCUT2D eigenvalue weighted by Gasteiger charge is -2.15. The number of nitrogens with zero attached hydrogens (tertiary/aromatic N) is 1. The van der Waals surface area contributed by atoms with E-state index in [0.717, 1.165) is 6.54 Å². The van der Waals surface area contributed by atoms with Crippen LogP contribution in [0.1, 0.15) is 33.3 Å². The average Bonchev–Trinajstić information content (AvgIpc) is 2.58. The van der Waals surface area contributed by atoms with Crippen LogP contribution in [0.15, 0.2) is 36.4 Å². The molecule has 0 saturated heterocycles. The quantitative estimate of drug-likeness (QED) is 0.653. The van der Waals surface area contributed by atoms with Crippen LogP contribution in [0.5, 0.6) is 0 Å². The van der Waals surface area contributed by atoms with E-state index in [0.29, 0.717) is 0 Å². The molecule has 0 aliphatic carbocycles. The zero-order valence-electron chi connectivity index (χ0n) is 11.6. The van der Waals surface area contributed by atoms with Crippen molar-refractivity contribution in [3.05, 3.63) is 42.0 Å². The van der Waals surface area contributed by atoms with E-state index in [9.17, 15) is 0 Å². The molecule has 2 aromatic carbocycles. The zero-order chi connectivity index (χ0) is 12.9. The second-order valence-corrected chi connectivity index (χ2v) is 5.64.